The van der Waals surface area contributed by atoms with Crippen LogP contribution >= 0.6 is 0 Å². The molecule has 0 aromatic heterocycles. The number of esters is 1. The Morgan fingerprint density at radius 3 is 2.50 bits per heavy atom. The molecule has 1 aliphatic rings. The van der Waals surface area contributed by atoms with Gasteiger partial charge in [0.1, 0.15) is 6.10 Å². The van der Waals surface area contributed by atoms with E-state index < -0.39 is 36.4 Å². The van der Waals surface area contributed by atoms with Crippen molar-refractivity contribution in [1.29, 1.82) is 0 Å². The van der Waals surface area contributed by atoms with Gasteiger partial charge in [-0.25, -0.2) is 4.79 Å². The summed E-state index contributed by atoms with van der Waals surface area (Å²) in [6.07, 6.45) is 0.363. The fraction of sp³-hybridized carbons (Fsp3) is 0.818. The van der Waals surface area contributed by atoms with Crippen molar-refractivity contribution in [3.05, 3.63) is 11.6 Å². The van der Waals surface area contributed by atoms with Crippen molar-refractivity contribution >= 4 is 11.9 Å². The van der Waals surface area contributed by atoms with Crippen LogP contribution in [0, 0.1) is 11.8 Å². The van der Waals surface area contributed by atoms with E-state index in [9.17, 15) is 30.0 Å². The SMILES string of the molecule is C/C(=C\C(=O)OCCCCC(=O)[O-])C[C@H](O)[C@H](O)[C@@H]1O[C@@H](C[C@@H](C)[C@H](C)O)C[C@H]1C. The minimum atomic E-state index is -1.13. The van der Waals surface area contributed by atoms with E-state index in [1.165, 1.54) is 6.08 Å². The molecule has 1 aliphatic heterocycles. The third-order valence-corrected chi connectivity index (χ3v) is 5.65. The molecule has 1 fully saturated rings. The minimum Gasteiger partial charge on any atom is -0.550 e. The first-order valence-electron chi connectivity index (χ1n) is 10.7. The zero-order valence-electron chi connectivity index (χ0n) is 18.5. The highest BCUT2D eigenvalue weighted by atomic mass is 16.5. The summed E-state index contributed by atoms with van der Waals surface area (Å²) in [5, 5.41) is 41.0. The highest BCUT2D eigenvalue weighted by Gasteiger charge is 2.40. The van der Waals surface area contributed by atoms with Crippen LogP contribution in [-0.2, 0) is 19.1 Å². The maximum Gasteiger partial charge on any atom is 0.330 e. The number of aliphatic carboxylic acids is 1. The molecular weight excluding hydrogens is 392 g/mol. The van der Waals surface area contributed by atoms with Crippen molar-refractivity contribution in [2.75, 3.05) is 6.61 Å². The van der Waals surface area contributed by atoms with Crippen LogP contribution in [0.25, 0.3) is 0 Å². The molecule has 3 N–H and O–H groups in total. The third kappa shape index (κ3) is 9.55. The van der Waals surface area contributed by atoms with E-state index in [1.54, 1.807) is 13.8 Å². The number of unbranched alkanes of at least 4 members (excludes halogenated alkanes) is 1. The normalized spacial score (nSPS) is 26.1. The van der Waals surface area contributed by atoms with Crippen LogP contribution in [0.4, 0.5) is 0 Å². The average Bonchev–Trinajstić information content (AvgIpc) is 3.00. The van der Waals surface area contributed by atoms with Crippen LogP contribution < -0.4 is 5.11 Å². The number of carbonyl (C=O) groups excluding carboxylic acids is 2. The molecule has 0 amide bonds. The number of aliphatic hydroxyl groups excluding tert-OH is 3. The predicted octanol–water partition coefficient (Wildman–Crippen LogP) is 0.709. The molecule has 8 nitrogen and oxygen atoms in total. The summed E-state index contributed by atoms with van der Waals surface area (Å²) in [5.74, 6) is -1.55. The standard InChI is InChI=1S/C22H38O8/c1-13(10-20(27)29-8-6-5-7-19(25)26)9-18(24)21(28)22-15(3)12-17(30-22)11-14(2)16(4)23/h10,14-18,21-24,28H,5-9,11-12H2,1-4H3,(H,25,26)/p-1/b13-10+/t14-,15-,16+,17+,18+,21+,22-/m1/s1. The summed E-state index contributed by atoms with van der Waals surface area (Å²) in [6, 6.07) is 0. The average molecular weight is 430 g/mol. The van der Waals surface area contributed by atoms with Crippen LogP contribution in [0.15, 0.2) is 11.6 Å². The molecule has 0 radical (unpaired) electrons. The molecule has 7 atom stereocenters. The highest BCUT2D eigenvalue weighted by Crippen LogP contribution is 2.33. The fourth-order valence-electron chi connectivity index (χ4n) is 3.66. The number of hydrogen-bond acceptors (Lipinski definition) is 8. The molecule has 1 saturated heterocycles. The molecule has 0 saturated carbocycles. The monoisotopic (exact) mass is 429 g/mol. The number of ether oxygens (including phenoxy) is 2. The Labute approximate surface area is 178 Å². The fourth-order valence-corrected chi connectivity index (χ4v) is 3.66. The molecule has 0 bridgehead atoms. The van der Waals surface area contributed by atoms with Crippen molar-refractivity contribution in [3.63, 3.8) is 0 Å². The molecule has 8 heteroatoms. The first-order valence-corrected chi connectivity index (χ1v) is 10.7. The Morgan fingerprint density at radius 2 is 1.90 bits per heavy atom. The second-order valence-corrected chi connectivity index (χ2v) is 8.64. The topological polar surface area (TPSA) is 136 Å². The van der Waals surface area contributed by atoms with Gasteiger partial charge < -0.3 is 34.7 Å². The zero-order chi connectivity index (χ0) is 22.8. The Balaban J connectivity index is 2.44. The van der Waals surface area contributed by atoms with Gasteiger partial charge in [-0.15, -0.1) is 0 Å². The van der Waals surface area contributed by atoms with Gasteiger partial charge in [0.2, 0.25) is 0 Å². The van der Waals surface area contributed by atoms with E-state index >= 15 is 0 Å². The van der Waals surface area contributed by atoms with Crippen molar-refractivity contribution in [3.8, 4) is 0 Å². The maximum atomic E-state index is 11.8. The maximum absolute atomic E-state index is 11.8. The molecule has 0 aromatic rings. The number of hydrogen-bond donors (Lipinski definition) is 3. The van der Waals surface area contributed by atoms with E-state index in [4.69, 9.17) is 9.47 Å². The zero-order valence-corrected chi connectivity index (χ0v) is 18.5. The molecule has 0 aromatic carbocycles. The summed E-state index contributed by atoms with van der Waals surface area (Å²) >= 11 is 0. The van der Waals surface area contributed by atoms with E-state index in [1.807, 2.05) is 13.8 Å². The van der Waals surface area contributed by atoms with E-state index in [-0.39, 0.29) is 37.4 Å². The Hall–Kier alpha value is -1.48. The van der Waals surface area contributed by atoms with E-state index in [0.717, 1.165) is 6.42 Å². The number of rotatable bonds is 13. The summed E-state index contributed by atoms with van der Waals surface area (Å²) in [4.78, 5) is 22.1. The van der Waals surface area contributed by atoms with Crippen molar-refractivity contribution in [2.45, 2.75) is 96.7 Å². The Kier molecular flexibility index (Phi) is 11.5. The van der Waals surface area contributed by atoms with Crippen LogP contribution in [0.2, 0.25) is 0 Å². The summed E-state index contributed by atoms with van der Waals surface area (Å²) in [5.41, 5.74) is 0.561. The number of carboxylic acid groups (broad SMARTS) is 1. The summed E-state index contributed by atoms with van der Waals surface area (Å²) in [6.45, 7) is 7.44. The minimum absolute atomic E-state index is 0.0658. The Bertz CT molecular complexity index is 573. The number of aliphatic hydroxyl groups is 3. The van der Waals surface area contributed by atoms with Gasteiger partial charge in [0.25, 0.3) is 0 Å². The number of carbonyl (C=O) groups is 2. The molecule has 30 heavy (non-hydrogen) atoms. The van der Waals surface area contributed by atoms with Gasteiger partial charge in [-0.2, -0.15) is 0 Å². The predicted molar refractivity (Wildman–Crippen MR) is 108 cm³/mol. The van der Waals surface area contributed by atoms with Crippen LogP contribution in [0.1, 0.15) is 66.2 Å². The lowest BCUT2D eigenvalue weighted by Gasteiger charge is -2.27. The second-order valence-electron chi connectivity index (χ2n) is 8.64. The summed E-state index contributed by atoms with van der Waals surface area (Å²) in [7, 11) is 0. The number of carboxylic acids is 1. The van der Waals surface area contributed by atoms with Crippen LogP contribution in [-0.4, -0.2) is 64.4 Å². The van der Waals surface area contributed by atoms with Gasteiger partial charge in [0, 0.05) is 12.0 Å². The molecule has 174 valence electrons. The lowest BCUT2D eigenvalue weighted by molar-refractivity contribution is -0.305. The van der Waals surface area contributed by atoms with E-state index in [2.05, 4.69) is 0 Å². The molecule has 0 spiro atoms. The van der Waals surface area contributed by atoms with Gasteiger partial charge in [0.05, 0.1) is 31.0 Å². The molecule has 1 rings (SSSR count). The summed E-state index contributed by atoms with van der Waals surface area (Å²) < 4.78 is 11.0. The lowest BCUT2D eigenvalue weighted by atomic mass is 9.90. The van der Waals surface area contributed by atoms with Gasteiger partial charge in [0.15, 0.2) is 0 Å². The second kappa shape index (κ2) is 13.0. The molecule has 0 aliphatic carbocycles. The lowest BCUT2D eigenvalue weighted by Crippen LogP contribution is -2.40. The van der Waals surface area contributed by atoms with Gasteiger partial charge >= 0.3 is 5.97 Å². The molecular formula is C22H37O8-. The largest absolute Gasteiger partial charge is 0.550 e. The van der Waals surface area contributed by atoms with Crippen LogP contribution in [0.5, 0.6) is 0 Å². The van der Waals surface area contributed by atoms with Gasteiger partial charge in [-0.1, -0.05) is 19.4 Å². The van der Waals surface area contributed by atoms with Gasteiger partial charge in [-0.05, 0) is 64.2 Å². The van der Waals surface area contributed by atoms with Crippen LogP contribution in [0.3, 0.4) is 0 Å². The first-order chi connectivity index (χ1) is 14.0. The van der Waals surface area contributed by atoms with Crippen molar-refractivity contribution in [1.82, 2.24) is 0 Å². The van der Waals surface area contributed by atoms with Crippen molar-refractivity contribution in [2.24, 2.45) is 11.8 Å². The van der Waals surface area contributed by atoms with E-state index in [0.29, 0.717) is 24.8 Å². The Morgan fingerprint density at radius 1 is 1.23 bits per heavy atom. The highest BCUT2D eigenvalue weighted by molar-refractivity contribution is 5.82. The van der Waals surface area contributed by atoms with Gasteiger partial charge in [-0.3, -0.25) is 0 Å². The van der Waals surface area contributed by atoms with Crippen molar-refractivity contribution < 1.29 is 39.5 Å². The smallest absolute Gasteiger partial charge is 0.330 e. The molecule has 0 unspecified atom stereocenters. The first kappa shape index (κ1) is 26.6. The third-order valence-electron chi connectivity index (χ3n) is 5.65. The quantitative estimate of drug-likeness (QED) is 0.221. The molecule has 1 heterocycles.